The van der Waals surface area contributed by atoms with Crippen molar-refractivity contribution in [3.05, 3.63) is 60.7 Å². The number of hydrogen-bond donors (Lipinski definition) is 0. The van der Waals surface area contributed by atoms with Gasteiger partial charge in [-0.25, -0.2) is 19.4 Å². The summed E-state index contributed by atoms with van der Waals surface area (Å²) in [4.78, 5) is 79.1. The summed E-state index contributed by atoms with van der Waals surface area (Å²) in [5.74, 6) is -2.14. The van der Waals surface area contributed by atoms with Gasteiger partial charge in [0.2, 0.25) is 23.6 Å². The van der Waals surface area contributed by atoms with Crippen molar-refractivity contribution in [3.63, 3.8) is 0 Å². The van der Waals surface area contributed by atoms with Gasteiger partial charge in [-0.05, 0) is 37.1 Å². The third-order valence-corrected chi connectivity index (χ3v) is 6.09. The number of imide groups is 4. The van der Waals surface area contributed by atoms with Crippen LogP contribution in [0.25, 0.3) is 0 Å². The number of carbonyl (C=O) groups excluding carboxylic acids is 6. The molecule has 4 rings (SSSR count). The normalized spacial score (nSPS) is 16.9. The fourth-order valence-corrected chi connectivity index (χ4v) is 4.27. The highest BCUT2D eigenvalue weighted by molar-refractivity contribution is 6.26. The lowest BCUT2D eigenvalue weighted by Gasteiger charge is -2.33. The van der Waals surface area contributed by atoms with Crippen molar-refractivity contribution in [2.45, 2.75) is 38.5 Å². The first kappa shape index (κ1) is 24.8. The van der Waals surface area contributed by atoms with Gasteiger partial charge in [0.25, 0.3) is 0 Å². The van der Waals surface area contributed by atoms with Crippen LogP contribution >= 0.6 is 0 Å². The largest absolute Gasteiger partial charge is 0.338 e. The van der Waals surface area contributed by atoms with E-state index < -0.39 is 35.7 Å². The van der Waals surface area contributed by atoms with E-state index in [2.05, 4.69) is 0 Å². The highest BCUT2D eigenvalue weighted by Gasteiger charge is 2.39. The summed E-state index contributed by atoms with van der Waals surface area (Å²) in [5.41, 5.74) is 0.841. The Morgan fingerprint density at radius 2 is 0.833 bits per heavy atom. The average molecular weight is 491 g/mol. The fraction of sp³-hybridized carbons (Fsp3) is 0.308. The Balaban J connectivity index is 1.26. The van der Waals surface area contributed by atoms with Crippen LogP contribution in [0.15, 0.2) is 60.7 Å². The molecule has 2 aromatic carbocycles. The third-order valence-electron chi connectivity index (χ3n) is 6.09. The molecule has 2 saturated heterocycles. The van der Waals surface area contributed by atoms with Gasteiger partial charge in [0.15, 0.2) is 0 Å². The molecule has 0 unspecified atom stereocenters. The molecule has 0 N–H and O–H groups in total. The number of hydrogen-bond acceptors (Lipinski definition) is 6. The number of carbonyl (C=O) groups is 6. The Morgan fingerprint density at radius 3 is 1.19 bits per heavy atom. The van der Waals surface area contributed by atoms with Crippen molar-refractivity contribution >= 4 is 47.1 Å². The Hall–Kier alpha value is -4.34. The van der Waals surface area contributed by atoms with E-state index in [9.17, 15) is 28.8 Å². The smallest absolute Gasteiger partial charge is 0.274 e. The van der Waals surface area contributed by atoms with Gasteiger partial charge >= 0.3 is 12.1 Å². The summed E-state index contributed by atoms with van der Waals surface area (Å²) >= 11 is 0. The van der Waals surface area contributed by atoms with Crippen molar-refractivity contribution in [3.8, 4) is 0 Å². The number of amides is 8. The van der Waals surface area contributed by atoms with Gasteiger partial charge in [-0.2, -0.15) is 0 Å². The van der Waals surface area contributed by atoms with E-state index in [1.54, 1.807) is 60.7 Å². The molecule has 186 valence electrons. The predicted molar refractivity (Wildman–Crippen MR) is 130 cm³/mol. The average Bonchev–Trinajstić information content (AvgIpc) is 2.85. The number of urea groups is 2. The topological polar surface area (TPSA) is 115 Å². The van der Waals surface area contributed by atoms with E-state index in [1.807, 2.05) is 0 Å². The monoisotopic (exact) mass is 490 g/mol. The van der Waals surface area contributed by atoms with E-state index in [0.29, 0.717) is 37.1 Å². The van der Waals surface area contributed by atoms with E-state index in [-0.39, 0.29) is 25.9 Å². The Morgan fingerprint density at radius 1 is 0.472 bits per heavy atom. The zero-order valence-corrected chi connectivity index (χ0v) is 19.7. The maximum Gasteiger partial charge on any atom is 0.338 e. The van der Waals surface area contributed by atoms with Crippen LogP contribution in [0.3, 0.4) is 0 Å². The van der Waals surface area contributed by atoms with E-state index in [1.165, 1.54) is 0 Å². The number of rotatable bonds is 9. The number of nitrogens with zero attached hydrogens (tertiary/aromatic N) is 4. The highest BCUT2D eigenvalue weighted by atomic mass is 16.2. The first-order valence-corrected chi connectivity index (χ1v) is 11.8. The first-order chi connectivity index (χ1) is 17.4. The first-order valence-electron chi connectivity index (χ1n) is 11.8. The minimum absolute atomic E-state index is 0.173. The lowest BCUT2D eigenvalue weighted by molar-refractivity contribution is -0.136. The minimum atomic E-state index is -0.655. The van der Waals surface area contributed by atoms with Gasteiger partial charge in [0.1, 0.15) is 12.8 Å². The second kappa shape index (κ2) is 10.9. The summed E-state index contributed by atoms with van der Waals surface area (Å²) in [6, 6.07) is 15.6. The number of para-hydroxylation sites is 2. The van der Waals surface area contributed by atoms with Gasteiger partial charge in [0, 0.05) is 13.1 Å². The van der Waals surface area contributed by atoms with Crippen molar-refractivity contribution in [2.75, 3.05) is 22.9 Å². The second-order valence-corrected chi connectivity index (χ2v) is 8.55. The van der Waals surface area contributed by atoms with E-state index >= 15 is 0 Å². The Labute approximate surface area is 208 Å². The van der Waals surface area contributed by atoms with Crippen LogP contribution in [0.4, 0.5) is 21.0 Å². The maximum atomic E-state index is 12.8. The number of barbiturate groups is 2. The molecule has 0 aliphatic carbocycles. The van der Waals surface area contributed by atoms with Crippen LogP contribution in [-0.2, 0) is 19.2 Å². The Bertz CT molecular complexity index is 1090. The van der Waals surface area contributed by atoms with Gasteiger partial charge in [-0.3, -0.25) is 29.0 Å². The molecule has 0 radical (unpaired) electrons. The van der Waals surface area contributed by atoms with Gasteiger partial charge < -0.3 is 0 Å². The molecule has 2 aliphatic rings. The van der Waals surface area contributed by atoms with Crippen LogP contribution < -0.4 is 9.80 Å². The molecule has 10 nitrogen and oxygen atoms in total. The number of unbranched alkanes of at least 4 members (excludes halogenated alkanes) is 3. The van der Waals surface area contributed by atoms with Crippen LogP contribution in [0.2, 0.25) is 0 Å². The molecule has 2 aromatic rings. The van der Waals surface area contributed by atoms with Gasteiger partial charge in [0.05, 0.1) is 11.4 Å². The molecule has 2 heterocycles. The molecule has 36 heavy (non-hydrogen) atoms. The summed E-state index contributed by atoms with van der Waals surface area (Å²) in [6.45, 7) is 0.346. The molecule has 2 aliphatic heterocycles. The highest BCUT2D eigenvalue weighted by Crippen LogP contribution is 2.23. The second-order valence-electron chi connectivity index (χ2n) is 8.55. The number of benzene rings is 2. The zero-order valence-electron chi connectivity index (χ0n) is 19.7. The SMILES string of the molecule is O=C1CC(=O)N(c2ccccc2)C(=O)N1CCCCCCN1C(=O)CC(=O)N(c2ccccc2)C1=O. The maximum absolute atomic E-state index is 12.8. The van der Waals surface area contributed by atoms with Crippen molar-refractivity contribution in [1.82, 2.24) is 9.80 Å². The molecule has 2 fully saturated rings. The van der Waals surface area contributed by atoms with Crippen LogP contribution in [-0.4, -0.2) is 58.6 Å². The molecule has 0 aromatic heterocycles. The third kappa shape index (κ3) is 5.17. The van der Waals surface area contributed by atoms with Crippen molar-refractivity contribution < 1.29 is 28.8 Å². The van der Waals surface area contributed by atoms with Crippen molar-refractivity contribution in [2.24, 2.45) is 0 Å². The molecule has 10 heteroatoms. The predicted octanol–water partition coefficient (Wildman–Crippen LogP) is 3.32. The molecule has 8 amide bonds. The van der Waals surface area contributed by atoms with Crippen LogP contribution in [0.1, 0.15) is 38.5 Å². The molecule has 0 saturated carbocycles. The van der Waals surface area contributed by atoms with Gasteiger partial charge in [-0.15, -0.1) is 0 Å². The molecule has 0 atom stereocenters. The Kier molecular flexibility index (Phi) is 7.53. The summed E-state index contributed by atoms with van der Waals surface area (Å²) in [7, 11) is 0. The standard InChI is InChI=1S/C26H26N4O6/c31-21-17-23(33)29(19-11-5-3-6-12-19)25(35)27(21)15-9-1-2-10-16-28-22(32)18-24(34)30(26(28)36)20-13-7-4-8-14-20/h3-8,11-14H,1-2,9-10,15-18H2. The molecular formula is C26H26N4O6. The fourth-order valence-electron chi connectivity index (χ4n) is 4.27. The summed E-state index contributed by atoms with van der Waals surface area (Å²) < 4.78 is 0. The van der Waals surface area contributed by atoms with Crippen LogP contribution in [0, 0.1) is 0 Å². The molecule has 0 spiro atoms. The van der Waals surface area contributed by atoms with Crippen molar-refractivity contribution in [1.29, 1.82) is 0 Å². The lowest BCUT2D eigenvalue weighted by Crippen LogP contribution is -2.55. The van der Waals surface area contributed by atoms with E-state index in [0.717, 1.165) is 19.6 Å². The zero-order chi connectivity index (χ0) is 25.7. The van der Waals surface area contributed by atoms with E-state index in [4.69, 9.17) is 0 Å². The summed E-state index contributed by atoms with van der Waals surface area (Å²) in [6.07, 6.45) is 1.60. The molecular weight excluding hydrogens is 464 g/mol. The lowest BCUT2D eigenvalue weighted by atomic mass is 10.1. The summed E-state index contributed by atoms with van der Waals surface area (Å²) in [5, 5.41) is 0. The van der Waals surface area contributed by atoms with Gasteiger partial charge in [-0.1, -0.05) is 49.2 Å². The number of anilines is 2. The van der Waals surface area contributed by atoms with Crippen LogP contribution in [0.5, 0.6) is 0 Å². The minimum Gasteiger partial charge on any atom is -0.274 e. The quantitative estimate of drug-likeness (QED) is 0.393. The molecule has 0 bridgehead atoms.